The third-order valence-electron chi connectivity index (χ3n) is 5.67. The van der Waals surface area contributed by atoms with Crippen molar-refractivity contribution in [1.29, 1.82) is 0 Å². The van der Waals surface area contributed by atoms with Crippen molar-refractivity contribution < 1.29 is 14.7 Å². The van der Waals surface area contributed by atoms with Gasteiger partial charge in [-0.15, -0.1) is 0 Å². The number of carbonyl (C=O) groups excluding carboxylic acids is 1. The number of likely N-dealkylation sites (tertiary alicyclic amines) is 1. The van der Waals surface area contributed by atoms with Crippen LogP contribution in [0.5, 0.6) is 0 Å². The molecule has 1 heterocycles. The van der Waals surface area contributed by atoms with Crippen molar-refractivity contribution in [3.05, 3.63) is 0 Å². The second-order valence-corrected chi connectivity index (χ2v) is 6.90. The van der Waals surface area contributed by atoms with Crippen molar-refractivity contribution in [3.63, 3.8) is 0 Å². The molecule has 0 aromatic heterocycles. The summed E-state index contributed by atoms with van der Waals surface area (Å²) in [7, 11) is 2.06. The lowest BCUT2D eigenvalue weighted by atomic mass is 9.81. The average Bonchev–Trinajstić information content (AvgIpc) is 3.03. The van der Waals surface area contributed by atoms with Gasteiger partial charge in [0.2, 0.25) is 0 Å². The highest BCUT2D eigenvalue weighted by atomic mass is 16.4. The number of aliphatic carboxylic acids is 1. The summed E-state index contributed by atoms with van der Waals surface area (Å²) in [5.41, 5.74) is -0.690. The van der Waals surface area contributed by atoms with E-state index in [2.05, 4.69) is 31.1 Å². The lowest BCUT2D eigenvalue weighted by molar-refractivity contribution is -0.149. The molecule has 1 aliphatic heterocycles. The first-order chi connectivity index (χ1) is 10.4. The highest BCUT2D eigenvalue weighted by Gasteiger charge is 2.55. The van der Waals surface area contributed by atoms with Crippen molar-refractivity contribution >= 4 is 12.0 Å². The molecule has 22 heavy (non-hydrogen) atoms. The second kappa shape index (κ2) is 6.86. The Hall–Kier alpha value is -1.30. The van der Waals surface area contributed by atoms with E-state index in [0.29, 0.717) is 32.1 Å². The number of likely N-dealkylation sites (N-methyl/N-ethyl adjacent to an activating group) is 1. The molecule has 2 N–H and O–H groups in total. The van der Waals surface area contributed by atoms with Gasteiger partial charge < -0.3 is 20.2 Å². The highest BCUT2D eigenvalue weighted by molar-refractivity contribution is 5.80. The standard InChI is InChI=1S/C16H29N3O3/c1-4-12(2)18(3)9-8-17-15(22)19-10-13-6-5-7-16(13,11-19)14(20)21/h12-13H,4-11H2,1-3H3,(H,17,22)(H,20,21)/t12?,13-,16+/m0/s1. The molecule has 0 radical (unpaired) electrons. The number of nitrogens with one attached hydrogen (secondary N) is 1. The van der Waals surface area contributed by atoms with Crippen LogP contribution in [0.15, 0.2) is 0 Å². The molecule has 2 amide bonds. The van der Waals surface area contributed by atoms with E-state index >= 15 is 0 Å². The molecule has 3 atom stereocenters. The minimum atomic E-state index is -0.734. The van der Waals surface area contributed by atoms with E-state index in [1.807, 2.05) is 0 Å². The highest BCUT2D eigenvalue weighted by Crippen LogP contribution is 2.48. The van der Waals surface area contributed by atoms with E-state index in [4.69, 9.17) is 0 Å². The fourth-order valence-electron chi connectivity index (χ4n) is 3.78. The molecule has 6 heteroatoms. The number of carboxylic acids is 1. The van der Waals surface area contributed by atoms with Crippen LogP contribution in [0.2, 0.25) is 0 Å². The number of urea groups is 1. The van der Waals surface area contributed by atoms with E-state index in [-0.39, 0.29) is 11.9 Å². The van der Waals surface area contributed by atoms with Crippen molar-refractivity contribution in [2.75, 3.05) is 33.2 Å². The Labute approximate surface area is 132 Å². The molecule has 6 nitrogen and oxygen atoms in total. The van der Waals surface area contributed by atoms with Crippen LogP contribution in [0.3, 0.4) is 0 Å². The monoisotopic (exact) mass is 311 g/mol. The molecule has 0 aromatic rings. The molecule has 2 fully saturated rings. The molecule has 1 saturated heterocycles. The van der Waals surface area contributed by atoms with E-state index in [9.17, 15) is 14.7 Å². The SMILES string of the molecule is CCC(C)N(C)CCNC(=O)N1C[C@@H]2CCC[C@@]2(C(=O)O)C1. The zero-order valence-electron chi connectivity index (χ0n) is 14.0. The summed E-state index contributed by atoms with van der Waals surface area (Å²) in [6.45, 7) is 6.66. The van der Waals surface area contributed by atoms with Crippen LogP contribution >= 0.6 is 0 Å². The second-order valence-electron chi connectivity index (χ2n) is 6.90. The molecule has 0 bridgehead atoms. The van der Waals surface area contributed by atoms with Crippen molar-refractivity contribution in [2.24, 2.45) is 11.3 Å². The minimum absolute atomic E-state index is 0.118. The van der Waals surface area contributed by atoms with Gasteiger partial charge in [0.15, 0.2) is 0 Å². The van der Waals surface area contributed by atoms with Crippen LogP contribution in [0, 0.1) is 11.3 Å². The van der Waals surface area contributed by atoms with Crippen molar-refractivity contribution in [3.8, 4) is 0 Å². The first kappa shape index (κ1) is 17.1. The number of hydrogen-bond acceptors (Lipinski definition) is 3. The predicted octanol–water partition coefficient (Wildman–Crippen LogP) is 1.61. The van der Waals surface area contributed by atoms with E-state index in [1.165, 1.54) is 0 Å². The number of amides is 2. The van der Waals surface area contributed by atoms with E-state index in [0.717, 1.165) is 25.8 Å². The van der Waals surface area contributed by atoms with Crippen LogP contribution in [0.1, 0.15) is 39.5 Å². The molecule has 1 aliphatic carbocycles. The topological polar surface area (TPSA) is 72.9 Å². The van der Waals surface area contributed by atoms with Crippen LogP contribution in [-0.4, -0.2) is 66.2 Å². The zero-order chi connectivity index (χ0) is 16.3. The molecular weight excluding hydrogens is 282 g/mol. The molecule has 2 rings (SSSR count). The number of nitrogens with zero attached hydrogens (tertiary/aromatic N) is 2. The Morgan fingerprint density at radius 2 is 2.23 bits per heavy atom. The van der Waals surface area contributed by atoms with Gasteiger partial charge in [-0.3, -0.25) is 4.79 Å². The molecule has 1 unspecified atom stereocenters. The molecule has 2 aliphatic rings. The van der Waals surface area contributed by atoms with Crippen molar-refractivity contribution in [1.82, 2.24) is 15.1 Å². The number of carboxylic acid groups (broad SMARTS) is 1. The fraction of sp³-hybridized carbons (Fsp3) is 0.875. The zero-order valence-corrected chi connectivity index (χ0v) is 14.0. The summed E-state index contributed by atoms with van der Waals surface area (Å²) in [6.07, 6.45) is 3.67. The summed E-state index contributed by atoms with van der Waals surface area (Å²) in [4.78, 5) is 27.8. The number of fused-ring (bicyclic) bond motifs is 1. The largest absolute Gasteiger partial charge is 0.481 e. The molecule has 0 spiro atoms. The maximum absolute atomic E-state index is 12.3. The lowest BCUT2D eigenvalue weighted by Gasteiger charge is -2.25. The van der Waals surface area contributed by atoms with Gasteiger partial charge in [0.1, 0.15) is 0 Å². The Balaban J connectivity index is 1.81. The Kier molecular flexibility index (Phi) is 5.32. The van der Waals surface area contributed by atoms with Gasteiger partial charge in [0.25, 0.3) is 0 Å². The molecular formula is C16H29N3O3. The quantitative estimate of drug-likeness (QED) is 0.782. The van der Waals surface area contributed by atoms with E-state index in [1.54, 1.807) is 4.90 Å². The molecule has 0 aromatic carbocycles. The smallest absolute Gasteiger partial charge is 0.317 e. The molecule has 1 saturated carbocycles. The number of rotatable bonds is 6. The maximum Gasteiger partial charge on any atom is 0.317 e. The average molecular weight is 311 g/mol. The summed E-state index contributed by atoms with van der Waals surface area (Å²) in [5.74, 6) is -0.611. The third kappa shape index (κ3) is 3.21. The number of carbonyl (C=O) groups is 2. The maximum atomic E-state index is 12.3. The summed E-state index contributed by atoms with van der Waals surface area (Å²) in [6, 6.07) is 0.380. The van der Waals surface area contributed by atoms with Crippen LogP contribution in [0.4, 0.5) is 4.79 Å². The number of hydrogen-bond donors (Lipinski definition) is 2. The van der Waals surface area contributed by atoms with Crippen LogP contribution in [-0.2, 0) is 4.79 Å². The van der Waals surface area contributed by atoms with Gasteiger partial charge in [0.05, 0.1) is 5.41 Å². The molecule has 126 valence electrons. The van der Waals surface area contributed by atoms with Gasteiger partial charge in [0, 0.05) is 32.2 Å². The normalized spacial score (nSPS) is 28.7. The Bertz CT molecular complexity index is 429. The van der Waals surface area contributed by atoms with Gasteiger partial charge >= 0.3 is 12.0 Å². The Morgan fingerprint density at radius 3 is 2.82 bits per heavy atom. The van der Waals surface area contributed by atoms with Crippen LogP contribution in [0.25, 0.3) is 0 Å². The predicted molar refractivity (Wildman–Crippen MR) is 84.8 cm³/mol. The first-order valence-corrected chi connectivity index (χ1v) is 8.37. The lowest BCUT2D eigenvalue weighted by Crippen LogP contribution is -2.44. The third-order valence-corrected chi connectivity index (χ3v) is 5.67. The summed E-state index contributed by atoms with van der Waals surface area (Å²) >= 11 is 0. The Morgan fingerprint density at radius 1 is 1.50 bits per heavy atom. The first-order valence-electron chi connectivity index (χ1n) is 8.37. The fourth-order valence-corrected chi connectivity index (χ4v) is 3.78. The summed E-state index contributed by atoms with van der Waals surface area (Å²) < 4.78 is 0. The van der Waals surface area contributed by atoms with Gasteiger partial charge in [-0.2, -0.15) is 0 Å². The minimum Gasteiger partial charge on any atom is -0.481 e. The van der Waals surface area contributed by atoms with Gasteiger partial charge in [-0.25, -0.2) is 4.79 Å². The summed E-state index contributed by atoms with van der Waals surface area (Å²) in [5, 5.41) is 12.5. The van der Waals surface area contributed by atoms with Gasteiger partial charge in [-0.05, 0) is 39.2 Å². The van der Waals surface area contributed by atoms with E-state index < -0.39 is 11.4 Å². The van der Waals surface area contributed by atoms with Crippen LogP contribution < -0.4 is 5.32 Å². The van der Waals surface area contributed by atoms with Gasteiger partial charge in [-0.1, -0.05) is 13.3 Å². The van der Waals surface area contributed by atoms with Crippen molar-refractivity contribution in [2.45, 2.75) is 45.6 Å².